The molecule has 6 aromatic rings. The third-order valence-electron chi connectivity index (χ3n) is 17.5. The molecule has 6 aromatic carbocycles. The second-order valence-corrected chi connectivity index (χ2v) is 25.0. The number of rotatable bonds is 5. The van der Waals surface area contributed by atoms with Crippen molar-refractivity contribution in [3.8, 4) is 33.4 Å². The van der Waals surface area contributed by atoms with Crippen LogP contribution in [0.4, 0.5) is 17.1 Å². The second kappa shape index (κ2) is 14.1. The van der Waals surface area contributed by atoms with Gasteiger partial charge in [-0.2, -0.15) is 0 Å². The van der Waals surface area contributed by atoms with Crippen molar-refractivity contribution in [1.29, 1.82) is 0 Å². The summed E-state index contributed by atoms with van der Waals surface area (Å²) >= 11 is 0. The zero-order valence-electron chi connectivity index (χ0n) is 41.7. The standard InChI is InChI=1S/C63H73N/c1-57(2)29-32-60(7,8)53-35-41(21-26-49(53)57)40-19-23-43(24-20-40)64(44-25-28-51-55(37-44)62(11,12)34-31-59(51,5)6)56-39-52-47(45-17-15-16-18-48(45)63(52,13)14)38-46(56)42-22-27-50-54(36-42)61(9,10)33-30-58(50,3)4/h15-28,35-39H,29-34H2,1-14H3. The van der Waals surface area contributed by atoms with Gasteiger partial charge >= 0.3 is 0 Å². The van der Waals surface area contributed by atoms with Gasteiger partial charge in [0, 0.05) is 22.4 Å². The molecule has 0 atom stereocenters. The maximum absolute atomic E-state index is 2.61. The van der Waals surface area contributed by atoms with E-state index in [1.165, 1.54) is 133 Å². The van der Waals surface area contributed by atoms with E-state index < -0.39 is 0 Å². The Bertz CT molecular complexity index is 2850. The summed E-state index contributed by atoms with van der Waals surface area (Å²) in [5, 5.41) is 0. The van der Waals surface area contributed by atoms with E-state index in [1.54, 1.807) is 0 Å². The Morgan fingerprint density at radius 2 is 0.719 bits per heavy atom. The van der Waals surface area contributed by atoms with Crippen LogP contribution in [0, 0.1) is 0 Å². The maximum atomic E-state index is 2.61. The molecule has 0 spiro atoms. The zero-order valence-corrected chi connectivity index (χ0v) is 41.7. The normalized spacial score (nSPS) is 20.8. The highest BCUT2D eigenvalue weighted by Gasteiger charge is 2.42. The Kier molecular flexibility index (Phi) is 9.46. The molecule has 1 nitrogen and oxygen atoms in total. The number of fused-ring (bicyclic) bond motifs is 6. The minimum Gasteiger partial charge on any atom is -0.310 e. The summed E-state index contributed by atoms with van der Waals surface area (Å²) in [6.45, 7) is 34.2. The van der Waals surface area contributed by atoms with Crippen LogP contribution in [0.15, 0.2) is 115 Å². The lowest BCUT2D eigenvalue weighted by atomic mass is 9.63. The van der Waals surface area contributed by atoms with Crippen molar-refractivity contribution < 1.29 is 0 Å². The molecular weight excluding hydrogens is 771 g/mol. The Morgan fingerprint density at radius 1 is 0.297 bits per heavy atom. The molecule has 0 unspecified atom stereocenters. The van der Waals surface area contributed by atoms with E-state index >= 15 is 0 Å². The van der Waals surface area contributed by atoms with Crippen molar-refractivity contribution in [1.82, 2.24) is 0 Å². The number of anilines is 3. The van der Waals surface area contributed by atoms with Gasteiger partial charge in [0.25, 0.3) is 0 Å². The van der Waals surface area contributed by atoms with Crippen molar-refractivity contribution in [2.75, 3.05) is 4.90 Å². The van der Waals surface area contributed by atoms with Gasteiger partial charge in [-0.05, 0) is 180 Å². The summed E-state index contributed by atoms with van der Waals surface area (Å²) in [6.07, 6.45) is 7.21. The van der Waals surface area contributed by atoms with Crippen molar-refractivity contribution >= 4 is 17.1 Å². The third kappa shape index (κ3) is 6.68. The Hall–Kier alpha value is -4.88. The van der Waals surface area contributed by atoms with Gasteiger partial charge in [0.2, 0.25) is 0 Å². The summed E-state index contributed by atoms with van der Waals surface area (Å²) < 4.78 is 0. The number of hydrogen-bond donors (Lipinski definition) is 0. The van der Waals surface area contributed by atoms with Crippen molar-refractivity contribution in [3.63, 3.8) is 0 Å². The molecule has 0 saturated carbocycles. The summed E-state index contributed by atoms with van der Waals surface area (Å²) in [5.41, 5.74) is 24.0. The summed E-state index contributed by atoms with van der Waals surface area (Å²) in [7, 11) is 0. The van der Waals surface area contributed by atoms with E-state index in [0.29, 0.717) is 0 Å². The first-order chi connectivity index (χ1) is 29.9. The minimum atomic E-state index is -0.146. The molecular formula is C63H73N. The number of hydrogen-bond acceptors (Lipinski definition) is 1. The number of benzene rings is 6. The zero-order chi connectivity index (χ0) is 45.6. The Balaban J connectivity index is 1.22. The van der Waals surface area contributed by atoms with Crippen LogP contribution in [0.2, 0.25) is 0 Å². The van der Waals surface area contributed by atoms with Gasteiger partial charge in [0.15, 0.2) is 0 Å². The molecule has 330 valence electrons. The second-order valence-electron chi connectivity index (χ2n) is 25.0. The average molecular weight is 844 g/mol. The monoisotopic (exact) mass is 844 g/mol. The van der Waals surface area contributed by atoms with E-state index in [0.717, 1.165) is 0 Å². The topological polar surface area (TPSA) is 3.24 Å². The molecule has 4 aliphatic carbocycles. The fourth-order valence-corrected chi connectivity index (χ4v) is 12.6. The third-order valence-corrected chi connectivity index (χ3v) is 17.5. The van der Waals surface area contributed by atoms with Crippen molar-refractivity contribution in [2.45, 2.75) is 173 Å². The maximum Gasteiger partial charge on any atom is 0.0543 e. The van der Waals surface area contributed by atoms with E-state index in [9.17, 15) is 0 Å². The van der Waals surface area contributed by atoms with Gasteiger partial charge in [-0.1, -0.05) is 176 Å². The van der Waals surface area contributed by atoms with Gasteiger partial charge < -0.3 is 4.90 Å². The Labute approximate surface area is 386 Å². The molecule has 0 aliphatic heterocycles. The van der Waals surface area contributed by atoms with Gasteiger partial charge in [0.05, 0.1) is 5.69 Å². The van der Waals surface area contributed by atoms with Crippen molar-refractivity contribution in [3.05, 3.63) is 160 Å². The van der Waals surface area contributed by atoms with Crippen molar-refractivity contribution in [2.24, 2.45) is 0 Å². The molecule has 0 saturated heterocycles. The molecule has 0 radical (unpaired) electrons. The molecule has 0 N–H and O–H groups in total. The molecule has 0 fully saturated rings. The van der Waals surface area contributed by atoms with Gasteiger partial charge in [-0.25, -0.2) is 0 Å². The fraction of sp³-hybridized carbons (Fsp3) is 0.429. The molecule has 4 aliphatic rings. The van der Waals surface area contributed by atoms with Gasteiger partial charge in [-0.15, -0.1) is 0 Å². The minimum absolute atomic E-state index is 0.0759. The predicted molar refractivity (Wildman–Crippen MR) is 275 cm³/mol. The average Bonchev–Trinajstić information content (AvgIpc) is 3.48. The quantitative estimate of drug-likeness (QED) is 0.167. The molecule has 0 heterocycles. The first-order valence-corrected chi connectivity index (χ1v) is 24.6. The SMILES string of the molecule is CC1(C)CCC(C)(C)c2cc(-c3ccc(N(c4ccc5c(c4)C(C)(C)CCC5(C)C)c4cc5c(cc4-c4ccc6c(c4)C(C)(C)CCC6(C)C)-c4ccccc4C5(C)C)cc3)ccc21. The highest BCUT2D eigenvalue weighted by Crippen LogP contribution is 2.56. The van der Waals surface area contributed by atoms with E-state index in [2.05, 4.69) is 217 Å². The fourth-order valence-electron chi connectivity index (χ4n) is 12.6. The molecule has 0 bridgehead atoms. The van der Waals surface area contributed by atoms with Crippen LogP contribution in [-0.4, -0.2) is 0 Å². The lowest BCUT2D eigenvalue weighted by Gasteiger charge is -2.43. The number of nitrogens with zero attached hydrogens (tertiary/aromatic N) is 1. The van der Waals surface area contributed by atoms with Gasteiger partial charge in [0.1, 0.15) is 0 Å². The summed E-state index contributed by atoms with van der Waals surface area (Å²) in [5.74, 6) is 0. The molecule has 64 heavy (non-hydrogen) atoms. The van der Waals surface area contributed by atoms with Crippen LogP contribution in [0.25, 0.3) is 33.4 Å². The van der Waals surface area contributed by atoms with Crippen LogP contribution in [0.3, 0.4) is 0 Å². The lowest BCUT2D eigenvalue weighted by molar-refractivity contribution is 0.332. The molecule has 0 aromatic heterocycles. The first-order valence-electron chi connectivity index (χ1n) is 24.6. The molecule has 0 amide bonds. The smallest absolute Gasteiger partial charge is 0.0543 e. The lowest BCUT2D eigenvalue weighted by Crippen LogP contribution is -2.34. The van der Waals surface area contributed by atoms with Crippen LogP contribution in [0.1, 0.15) is 180 Å². The van der Waals surface area contributed by atoms with E-state index in [4.69, 9.17) is 0 Å². The summed E-state index contributed by atoms with van der Waals surface area (Å²) in [6, 6.07) is 46.1. The van der Waals surface area contributed by atoms with Crippen LogP contribution >= 0.6 is 0 Å². The van der Waals surface area contributed by atoms with Crippen LogP contribution in [0.5, 0.6) is 0 Å². The predicted octanol–water partition coefficient (Wildman–Crippen LogP) is 17.8. The largest absolute Gasteiger partial charge is 0.310 e. The Morgan fingerprint density at radius 3 is 1.27 bits per heavy atom. The first kappa shape index (κ1) is 43.0. The van der Waals surface area contributed by atoms with E-state index in [1.807, 2.05) is 0 Å². The molecule has 1 heteroatoms. The van der Waals surface area contributed by atoms with Crippen LogP contribution in [-0.2, 0) is 37.9 Å². The van der Waals surface area contributed by atoms with Crippen LogP contribution < -0.4 is 4.90 Å². The molecule has 10 rings (SSSR count). The summed E-state index contributed by atoms with van der Waals surface area (Å²) in [4.78, 5) is 2.61. The van der Waals surface area contributed by atoms with E-state index in [-0.39, 0.29) is 37.9 Å². The van der Waals surface area contributed by atoms with Gasteiger partial charge in [-0.3, -0.25) is 0 Å². The highest BCUT2D eigenvalue weighted by atomic mass is 15.1. The highest BCUT2D eigenvalue weighted by molar-refractivity contribution is 5.95.